The predicted molar refractivity (Wildman–Crippen MR) is 92.2 cm³/mol. The second-order valence-corrected chi connectivity index (χ2v) is 6.09. The molecule has 0 radical (unpaired) electrons. The molecule has 3 rings (SSSR count). The third-order valence-electron chi connectivity index (χ3n) is 4.22. The van der Waals surface area contributed by atoms with Crippen LogP contribution in [0.3, 0.4) is 0 Å². The van der Waals surface area contributed by atoms with Crippen molar-refractivity contribution in [1.82, 2.24) is 15.5 Å². The Labute approximate surface area is 142 Å². The lowest BCUT2D eigenvalue weighted by molar-refractivity contribution is -0.121. The molecule has 0 atom stereocenters. The maximum atomic E-state index is 11.9. The molecule has 2 aromatic rings. The van der Waals surface area contributed by atoms with Crippen LogP contribution in [0, 0.1) is 0 Å². The van der Waals surface area contributed by atoms with Crippen LogP contribution in [-0.2, 0) is 11.2 Å². The molecule has 0 aliphatic heterocycles. The van der Waals surface area contributed by atoms with E-state index in [1.165, 1.54) is 31.3 Å². The van der Waals surface area contributed by atoms with Gasteiger partial charge in [-0.15, -0.1) is 0 Å². The molecule has 5 nitrogen and oxygen atoms in total. The maximum absolute atomic E-state index is 11.9. The second kappa shape index (κ2) is 8.43. The summed E-state index contributed by atoms with van der Waals surface area (Å²) in [6.07, 6.45) is 9.06. The molecule has 0 spiro atoms. The van der Waals surface area contributed by atoms with Gasteiger partial charge < -0.3 is 9.84 Å². The Bertz CT molecular complexity index is 692. The molecule has 1 aromatic carbocycles. The molecule has 1 N–H and O–H groups in total. The largest absolute Gasteiger partial charge is 0.356 e. The number of nitrogens with one attached hydrogen (secondary N) is 1. The summed E-state index contributed by atoms with van der Waals surface area (Å²) < 4.78 is 5.22. The number of nitrogens with zero attached hydrogens (tertiary/aromatic N) is 2. The minimum atomic E-state index is 0.0332. The Balaban J connectivity index is 1.40. The van der Waals surface area contributed by atoms with Crippen molar-refractivity contribution in [2.75, 3.05) is 6.54 Å². The van der Waals surface area contributed by atoms with Crippen LogP contribution in [-0.4, -0.2) is 22.6 Å². The van der Waals surface area contributed by atoms with Crippen molar-refractivity contribution in [3.63, 3.8) is 0 Å². The number of carbonyl (C=O) groups is 1. The molecule has 1 aliphatic carbocycles. The van der Waals surface area contributed by atoms with Crippen molar-refractivity contribution in [3.8, 4) is 11.4 Å². The predicted octanol–water partition coefficient (Wildman–Crippen LogP) is 3.68. The lowest BCUT2D eigenvalue weighted by Gasteiger charge is -2.12. The normalized spacial score (nSPS) is 14.2. The van der Waals surface area contributed by atoms with Crippen molar-refractivity contribution >= 4 is 5.91 Å². The summed E-state index contributed by atoms with van der Waals surface area (Å²) in [6, 6.07) is 9.67. The molecule has 0 saturated carbocycles. The van der Waals surface area contributed by atoms with Crippen molar-refractivity contribution in [3.05, 3.63) is 47.9 Å². The summed E-state index contributed by atoms with van der Waals surface area (Å²) in [4.78, 5) is 16.3. The quantitative estimate of drug-likeness (QED) is 0.789. The minimum Gasteiger partial charge on any atom is -0.356 e. The van der Waals surface area contributed by atoms with Crippen LogP contribution in [0.25, 0.3) is 11.4 Å². The van der Waals surface area contributed by atoms with Crippen molar-refractivity contribution in [2.45, 2.75) is 44.9 Å². The van der Waals surface area contributed by atoms with Crippen LogP contribution in [0.2, 0.25) is 0 Å². The number of allylic oxidation sites excluding steroid dienone is 1. The topological polar surface area (TPSA) is 68.0 Å². The molecule has 0 bridgehead atoms. The zero-order valence-corrected chi connectivity index (χ0v) is 13.8. The van der Waals surface area contributed by atoms with Crippen LogP contribution in [0.1, 0.15) is 44.4 Å². The smallest absolute Gasteiger partial charge is 0.227 e. The average molecular weight is 325 g/mol. The zero-order valence-electron chi connectivity index (χ0n) is 13.8. The number of aromatic nitrogens is 2. The van der Waals surface area contributed by atoms with Crippen molar-refractivity contribution in [1.29, 1.82) is 0 Å². The van der Waals surface area contributed by atoms with Crippen LogP contribution in [0.4, 0.5) is 0 Å². The van der Waals surface area contributed by atoms with Crippen LogP contribution >= 0.6 is 0 Å². The Kier molecular flexibility index (Phi) is 5.77. The Morgan fingerprint density at radius 3 is 2.83 bits per heavy atom. The summed E-state index contributed by atoms with van der Waals surface area (Å²) in [5.74, 6) is 1.10. The van der Waals surface area contributed by atoms with Gasteiger partial charge in [-0.25, -0.2) is 0 Å². The maximum Gasteiger partial charge on any atom is 0.227 e. The molecule has 0 fully saturated rings. The molecule has 0 unspecified atom stereocenters. The molecule has 1 aliphatic rings. The third kappa shape index (κ3) is 4.78. The van der Waals surface area contributed by atoms with Crippen molar-refractivity contribution in [2.24, 2.45) is 0 Å². The van der Waals surface area contributed by atoms with E-state index in [1.807, 2.05) is 30.3 Å². The van der Waals surface area contributed by atoms with E-state index in [2.05, 4.69) is 21.5 Å². The molecule has 1 heterocycles. The van der Waals surface area contributed by atoms with E-state index in [0.29, 0.717) is 31.1 Å². The van der Waals surface area contributed by atoms with Gasteiger partial charge in [-0.05, 0) is 32.1 Å². The van der Waals surface area contributed by atoms with Gasteiger partial charge in [0.1, 0.15) is 0 Å². The lowest BCUT2D eigenvalue weighted by Crippen LogP contribution is -2.25. The van der Waals surface area contributed by atoms with E-state index >= 15 is 0 Å². The van der Waals surface area contributed by atoms with Crippen LogP contribution < -0.4 is 5.32 Å². The molecule has 24 heavy (non-hydrogen) atoms. The number of benzene rings is 1. The van der Waals surface area contributed by atoms with E-state index in [9.17, 15) is 4.79 Å². The van der Waals surface area contributed by atoms with Crippen LogP contribution in [0.15, 0.2) is 46.5 Å². The first-order valence-electron chi connectivity index (χ1n) is 8.64. The Morgan fingerprint density at radius 1 is 1.17 bits per heavy atom. The number of hydrogen-bond donors (Lipinski definition) is 1. The van der Waals surface area contributed by atoms with Gasteiger partial charge in [0.05, 0.1) is 0 Å². The molecule has 1 amide bonds. The molecular formula is C19H23N3O2. The number of hydrogen-bond acceptors (Lipinski definition) is 4. The standard InChI is InChI=1S/C19H23N3O2/c23-17(20-14-13-15-7-3-1-4-8-15)11-12-18-21-19(22-24-18)16-9-5-2-6-10-16/h2,5-7,9-10H,1,3-4,8,11-14H2,(H,20,23). The number of rotatable bonds is 7. The van der Waals surface area contributed by atoms with Gasteiger partial charge >= 0.3 is 0 Å². The second-order valence-electron chi connectivity index (χ2n) is 6.09. The van der Waals surface area contributed by atoms with Gasteiger partial charge in [-0.2, -0.15) is 4.98 Å². The van der Waals surface area contributed by atoms with E-state index in [0.717, 1.165) is 12.0 Å². The first kappa shape index (κ1) is 16.4. The summed E-state index contributed by atoms with van der Waals surface area (Å²) in [5.41, 5.74) is 2.39. The summed E-state index contributed by atoms with van der Waals surface area (Å²) in [5, 5.41) is 6.93. The highest BCUT2D eigenvalue weighted by molar-refractivity contribution is 5.76. The van der Waals surface area contributed by atoms with Gasteiger partial charge in [0.25, 0.3) is 0 Å². The Morgan fingerprint density at radius 2 is 2.04 bits per heavy atom. The number of carbonyl (C=O) groups excluding carboxylic acids is 1. The van der Waals surface area contributed by atoms with Gasteiger partial charge in [0.15, 0.2) is 0 Å². The number of amides is 1. The summed E-state index contributed by atoms with van der Waals surface area (Å²) in [6.45, 7) is 0.712. The molecule has 0 saturated heterocycles. The van der Waals surface area contributed by atoms with Gasteiger partial charge in [-0.3, -0.25) is 4.79 Å². The first-order valence-corrected chi connectivity index (χ1v) is 8.64. The van der Waals surface area contributed by atoms with E-state index < -0.39 is 0 Å². The molecule has 5 heteroatoms. The van der Waals surface area contributed by atoms with E-state index in [-0.39, 0.29) is 5.91 Å². The lowest BCUT2D eigenvalue weighted by atomic mass is 9.97. The van der Waals surface area contributed by atoms with Gasteiger partial charge in [-0.1, -0.05) is 47.1 Å². The fraction of sp³-hybridized carbons (Fsp3) is 0.421. The molecular weight excluding hydrogens is 302 g/mol. The minimum absolute atomic E-state index is 0.0332. The van der Waals surface area contributed by atoms with E-state index in [1.54, 1.807) is 0 Å². The summed E-state index contributed by atoms with van der Waals surface area (Å²) >= 11 is 0. The SMILES string of the molecule is O=C(CCc1nc(-c2ccccc2)no1)NCCC1=CCCCC1. The average Bonchev–Trinajstić information content (AvgIpc) is 3.11. The fourth-order valence-corrected chi connectivity index (χ4v) is 2.86. The van der Waals surface area contributed by atoms with E-state index in [4.69, 9.17) is 4.52 Å². The van der Waals surface area contributed by atoms with Gasteiger partial charge in [0.2, 0.25) is 17.6 Å². The third-order valence-corrected chi connectivity index (χ3v) is 4.22. The Hall–Kier alpha value is -2.43. The number of aryl methyl sites for hydroxylation is 1. The molecule has 1 aromatic heterocycles. The molecule has 126 valence electrons. The monoisotopic (exact) mass is 325 g/mol. The highest BCUT2D eigenvalue weighted by Gasteiger charge is 2.10. The fourth-order valence-electron chi connectivity index (χ4n) is 2.86. The van der Waals surface area contributed by atoms with Crippen molar-refractivity contribution < 1.29 is 9.32 Å². The highest BCUT2D eigenvalue weighted by atomic mass is 16.5. The first-order chi connectivity index (χ1) is 11.8. The van der Waals surface area contributed by atoms with Crippen LogP contribution in [0.5, 0.6) is 0 Å². The summed E-state index contributed by atoms with van der Waals surface area (Å²) in [7, 11) is 0. The zero-order chi connectivity index (χ0) is 16.6. The highest BCUT2D eigenvalue weighted by Crippen LogP contribution is 2.19. The van der Waals surface area contributed by atoms with Gasteiger partial charge in [0, 0.05) is 24.9 Å².